The van der Waals surface area contributed by atoms with Crippen LogP contribution in [0.5, 0.6) is 0 Å². The van der Waals surface area contributed by atoms with Gasteiger partial charge in [0, 0.05) is 36.7 Å². The second-order valence-corrected chi connectivity index (χ2v) is 8.55. The van der Waals surface area contributed by atoms with Crippen LogP contribution < -0.4 is 0 Å². The van der Waals surface area contributed by atoms with E-state index >= 15 is 0 Å². The first-order valence-electron chi connectivity index (χ1n) is 11.3. The monoisotopic (exact) mass is 434 g/mol. The lowest BCUT2D eigenvalue weighted by Gasteiger charge is -2.31. The molecule has 1 saturated heterocycles. The highest BCUT2D eigenvalue weighted by Crippen LogP contribution is 2.25. The molecule has 168 valence electrons. The predicted molar refractivity (Wildman–Crippen MR) is 123 cm³/mol. The van der Waals surface area contributed by atoms with Gasteiger partial charge in [-0.1, -0.05) is 48.5 Å². The summed E-state index contributed by atoms with van der Waals surface area (Å²) in [6, 6.07) is 17.7. The number of fused-ring (bicyclic) bond motifs is 1. The summed E-state index contributed by atoms with van der Waals surface area (Å²) in [5.41, 5.74) is 2.97. The molecule has 0 saturated carbocycles. The molecule has 2 aromatic carbocycles. The third kappa shape index (κ3) is 5.49. The fourth-order valence-electron chi connectivity index (χ4n) is 4.58. The number of carbonyl (C=O) groups excluding carboxylic acids is 1. The molecule has 4 rings (SSSR count). The average Bonchev–Trinajstić information content (AvgIpc) is 3.15. The fraction of sp³-hybridized carbons (Fsp3) is 0.385. The number of aryl methyl sites for hydroxylation is 1. The van der Waals surface area contributed by atoms with Crippen LogP contribution in [-0.4, -0.2) is 39.7 Å². The van der Waals surface area contributed by atoms with Crippen molar-refractivity contribution in [3.05, 3.63) is 71.9 Å². The Bertz CT molecular complexity index is 1050. The molecule has 6 heteroatoms. The van der Waals surface area contributed by atoms with Crippen molar-refractivity contribution in [1.82, 2.24) is 9.47 Å². The molecular formula is C26H30N2O4. The molecule has 32 heavy (non-hydrogen) atoms. The van der Waals surface area contributed by atoms with Crippen molar-refractivity contribution in [2.75, 3.05) is 13.1 Å². The summed E-state index contributed by atoms with van der Waals surface area (Å²) in [5, 5.41) is 10.2. The van der Waals surface area contributed by atoms with Gasteiger partial charge in [-0.2, -0.15) is 0 Å². The van der Waals surface area contributed by atoms with Crippen LogP contribution in [0.1, 0.15) is 36.8 Å². The van der Waals surface area contributed by atoms with Crippen molar-refractivity contribution in [3.63, 3.8) is 0 Å². The molecule has 1 amide bonds. The molecule has 2 heterocycles. The van der Waals surface area contributed by atoms with Gasteiger partial charge in [0.05, 0.1) is 6.42 Å². The molecule has 6 nitrogen and oxygen atoms in total. The van der Waals surface area contributed by atoms with E-state index in [9.17, 15) is 14.7 Å². The Morgan fingerprint density at radius 1 is 1.00 bits per heavy atom. The number of ether oxygens (including phenoxy) is 1. The van der Waals surface area contributed by atoms with E-state index in [1.54, 1.807) is 0 Å². The van der Waals surface area contributed by atoms with E-state index < -0.39 is 5.97 Å². The van der Waals surface area contributed by atoms with Crippen molar-refractivity contribution in [3.8, 4) is 0 Å². The maximum Gasteiger partial charge on any atom is 0.410 e. The Balaban J connectivity index is 1.23. The van der Waals surface area contributed by atoms with Gasteiger partial charge in [0.1, 0.15) is 6.61 Å². The Morgan fingerprint density at radius 2 is 1.72 bits per heavy atom. The van der Waals surface area contributed by atoms with Crippen LogP contribution in [-0.2, 0) is 29.1 Å². The van der Waals surface area contributed by atoms with Crippen molar-refractivity contribution in [2.45, 2.75) is 45.3 Å². The minimum absolute atomic E-state index is 0.0480. The van der Waals surface area contributed by atoms with Crippen LogP contribution >= 0.6 is 0 Å². The molecular weight excluding hydrogens is 404 g/mol. The quantitative estimate of drug-likeness (QED) is 0.536. The zero-order valence-electron chi connectivity index (χ0n) is 18.3. The summed E-state index contributed by atoms with van der Waals surface area (Å²) in [6.45, 7) is 2.68. The zero-order chi connectivity index (χ0) is 22.3. The second kappa shape index (κ2) is 10.4. The first-order valence-corrected chi connectivity index (χ1v) is 11.3. The van der Waals surface area contributed by atoms with Gasteiger partial charge in [0.2, 0.25) is 0 Å². The first-order chi connectivity index (χ1) is 15.6. The molecule has 0 spiro atoms. The molecule has 3 aromatic rings. The number of carboxylic acid groups (broad SMARTS) is 1. The molecule has 0 atom stereocenters. The van der Waals surface area contributed by atoms with Crippen LogP contribution in [0, 0.1) is 5.92 Å². The van der Waals surface area contributed by atoms with E-state index in [2.05, 4.69) is 10.6 Å². The number of carbonyl (C=O) groups is 2. The van der Waals surface area contributed by atoms with Crippen LogP contribution in [0.3, 0.4) is 0 Å². The lowest BCUT2D eigenvalue weighted by Crippen LogP contribution is -2.38. The normalized spacial score (nSPS) is 14.6. The number of para-hydroxylation sites is 1. The van der Waals surface area contributed by atoms with Gasteiger partial charge in [-0.25, -0.2) is 4.79 Å². The lowest BCUT2D eigenvalue weighted by atomic mass is 9.92. The van der Waals surface area contributed by atoms with E-state index in [1.165, 1.54) is 0 Å². The topological polar surface area (TPSA) is 71.8 Å². The Hall–Kier alpha value is -3.28. The number of carboxylic acids is 1. The third-order valence-corrected chi connectivity index (χ3v) is 6.30. The van der Waals surface area contributed by atoms with Gasteiger partial charge in [0.25, 0.3) is 0 Å². The SMILES string of the molecule is O=C(O)Cc1cn(CCCC2CCN(C(=O)OCc3ccccc3)CC2)c2ccccc12. The number of hydrogen-bond acceptors (Lipinski definition) is 3. The molecule has 0 bridgehead atoms. The van der Waals surface area contributed by atoms with E-state index in [4.69, 9.17) is 4.74 Å². The lowest BCUT2D eigenvalue weighted by molar-refractivity contribution is -0.136. The number of nitrogens with zero attached hydrogens (tertiary/aromatic N) is 2. The minimum atomic E-state index is -0.804. The first kappa shape index (κ1) is 21.9. The van der Waals surface area contributed by atoms with Gasteiger partial charge in [-0.15, -0.1) is 0 Å². The van der Waals surface area contributed by atoms with E-state index in [-0.39, 0.29) is 12.5 Å². The zero-order valence-corrected chi connectivity index (χ0v) is 18.3. The van der Waals surface area contributed by atoms with E-state index in [0.29, 0.717) is 12.5 Å². The predicted octanol–water partition coefficient (Wildman–Crippen LogP) is 5.10. The van der Waals surface area contributed by atoms with Gasteiger partial charge >= 0.3 is 12.1 Å². The van der Waals surface area contributed by atoms with Crippen molar-refractivity contribution < 1.29 is 19.4 Å². The van der Waals surface area contributed by atoms with Gasteiger partial charge in [0.15, 0.2) is 0 Å². The summed E-state index contributed by atoms with van der Waals surface area (Å²) >= 11 is 0. The van der Waals surface area contributed by atoms with Crippen LogP contribution in [0.15, 0.2) is 60.8 Å². The van der Waals surface area contributed by atoms with Gasteiger partial charge in [-0.05, 0) is 48.8 Å². The molecule has 1 aliphatic rings. The van der Waals surface area contributed by atoms with E-state index in [1.807, 2.05) is 59.6 Å². The highest BCUT2D eigenvalue weighted by atomic mass is 16.6. The van der Waals surface area contributed by atoms with Crippen molar-refractivity contribution >= 4 is 23.0 Å². The number of likely N-dealkylation sites (tertiary alicyclic amines) is 1. The van der Waals surface area contributed by atoms with Crippen LogP contribution in [0.4, 0.5) is 4.79 Å². The molecule has 1 aliphatic heterocycles. The summed E-state index contributed by atoms with van der Waals surface area (Å²) in [5.74, 6) is -0.199. The minimum Gasteiger partial charge on any atom is -0.481 e. The fourth-order valence-corrected chi connectivity index (χ4v) is 4.58. The van der Waals surface area contributed by atoms with Crippen molar-refractivity contribution in [1.29, 1.82) is 0 Å². The molecule has 0 unspecified atom stereocenters. The molecule has 1 fully saturated rings. The van der Waals surface area contributed by atoms with Crippen LogP contribution in [0.25, 0.3) is 10.9 Å². The summed E-state index contributed by atoms with van der Waals surface area (Å²) in [6.07, 6.45) is 5.95. The number of amides is 1. The standard InChI is InChI=1S/C26H30N2O4/c29-25(30)17-22-18-28(24-11-5-4-10-23(22)24)14-6-9-20-12-15-27(16-13-20)26(31)32-19-21-7-2-1-3-8-21/h1-5,7-8,10-11,18,20H,6,9,12-17,19H2,(H,29,30). The highest BCUT2D eigenvalue weighted by molar-refractivity contribution is 5.87. The third-order valence-electron chi connectivity index (χ3n) is 6.30. The summed E-state index contributed by atoms with van der Waals surface area (Å²) in [4.78, 5) is 25.3. The maximum absolute atomic E-state index is 12.3. The Morgan fingerprint density at radius 3 is 2.47 bits per heavy atom. The molecule has 0 radical (unpaired) electrons. The average molecular weight is 435 g/mol. The van der Waals surface area contributed by atoms with Gasteiger partial charge < -0.3 is 19.3 Å². The number of hydrogen-bond donors (Lipinski definition) is 1. The molecule has 1 N–H and O–H groups in total. The summed E-state index contributed by atoms with van der Waals surface area (Å²) < 4.78 is 7.64. The van der Waals surface area contributed by atoms with E-state index in [0.717, 1.165) is 67.3 Å². The summed E-state index contributed by atoms with van der Waals surface area (Å²) in [7, 11) is 0. The number of aromatic nitrogens is 1. The largest absolute Gasteiger partial charge is 0.481 e. The number of aliphatic carboxylic acids is 1. The Labute approximate surface area is 188 Å². The van der Waals surface area contributed by atoms with Crippen molar-refractivity contribution in [2.24, 2.45) is 5.92 Å². The van der Waals surface area contributed by atoms with Crippen LogP contribution in [0.2, 0.25) is 0 Å². The number of benzene rings is 2. The van der Waals surface area contributed by atoms with Gasteiger partial charge in [-0.3, -0.25) is 4.79 Å². The molecule has 1 aromatic heterocycles. The maximum atomic E-state index is 12.3. The second-order valence-electron chi connectivity index (χ2n) is 8.55. The Kier molecular flexibility index (Phi) is 7.10. The molecule has 0 aliphatic carbocycles. The smallest absolute Gasteiger partial charge is 0.410 e. The number of rotatable bonds is 8. The highest BCUT2D eigenvalue weighted by Gasteiger charge is 2.23. The number of piperidine rings is 1.